The van der Waals surface area contributed by atoms with Crippen LogP contribution in [0, 0.1) is 0 Å². The monoisotopic (exact) mass is 263 g/mol. The second kappa shape index (κ2) is 4.58. The van der Waals surface area contributed by atoms with Gasteiger partial charge < -0.3 is 9.47 Å². The molecule has 0 unspecified atom stereocenters. The first-order valence-corrected chi connectivity index (χ1v) is 5.17. The van der Waals surface area contributed by atoms with Crippen molar-refractivity contribution < 1.29 is 18.0 Å². The quantitative estimate of drug-likeness (QED) is 0.805. The Morgan fingerprint density at radius 3 is 2.72 bits per heavy atom. The first kappa shape index (κ1) is 12.8. The number of hydrogen-bond acceptors (Lipinski definition) is 5. The molecule has 100 valence electrons. The summed E-state index contributed by atoms with van der Waals surface area (Å²) in [6.07, 6.45) is -4.48. The van der Waals surface area contributed by atoms with Crippen molar-refractivity contribution in [2.75, 3.05) is 13.2 Å². The van der Waals surface area contributed by atoms with Gasteiger partial charge in [-0.1, -0.05) is 6.58 Å². The second-order valence-electron chi connectivity index (χ2n) is 3.89. The summed E-state index contributed by atoms with van der Waals surface area (Å²) >= 11 is 0. The Hall–Kier alpha value is -1.61. The van der Waals surface area contributed by atoms with E-state index in [4.69, 9.17) is 5.90 Å². The van der Waals surface area contributed by atoms with Crippen molar-refractivity contribution in [3.63, 3.8) is 0 Å². The van der Waals surface area contributed by atoms with Crippen LogP contribution in [0.4, 0.5) is 13.2 Å². The standard InChI is InChI=1S/C9H12F3N5O/c1-6(5-18-13)16-2-3-17-7(4-16)14-15-8(17)9(10,11)12/h1-5,13H2. The van der Waals surface area contributed by atoms with Crippen LogP contribution in [0.3, 0.4) is 0 Å². The molecule has 0 radical (unpaired) electrons. The van der Waals surface area contributed by atoms with E-state index in [-0.39, 0.29) is 25.5 Å². The third kappa shape index (κ3) is 2.31. The SMILES string of the molecule is C=C(CON)N1CCn2c(nnc2C(F)(F)F)C1. The van der Waals surface area contributed by atoms with Gasteiger partial charge in [-0.15, -0.1) is 10.2 Å². The molecule has 0 atom stereocenters. The molecule has 1 aliphatic heterocycles. The minimum Gasteiger partial charge on any atom is -0.364 e. The molecule has 1 aliphatic rings. The number of fused-ring (bicyclic) bond motifs is 1. The summed E-state index contributed by atoms with van der Waals surface area (Å²) in [5.74, 6) is 4.22. The predicted octanol–water partition coefficient (Wildman–Crippen LogP) is 0.516. The number of halogens is 3. The van der Waals surface area contributed by atoms with Crippen molar-refractivity contribution in [1.82, 2.24) is 19.7 Å². The molecule has 0 aromatic carbocycles. The van der Waals surface area contributed by atoms with E-state index in [2.05, 4.69) is 21.6 Å². The van der Waals surface area contributed by atoms with Crippen molar-refractivity contribution in [3.05, 3.63) is 23.9 Å². The summed E-state index contributed by atoms with van der Waals surface area (Å²) in [6.45, 7) is 4.62. The minimum atomic E-state index is -4.48. The van der Waals surface area contributed by atoms with Gasteiger partial charge in [0, 0.05) is 18.8 Å². The fourth-order valence-corrected chi connectivity index (χ4v) is 1.82. The van der Waals surface area contributed by atoms with Crippen molar-refractivity contribution in [2.45, 2.75) is 19.3 Å². The minimum absolute atomic E-state index is 0.125. The predicted molar refractivity (Wildman–Crippen MR) is 54.7 cm³/mol. The van der Waals surface area contributed by atoms with Crippen molar-refractivity contribution in [1.29, 1.82) is 0 Å². The normalized spacial score (nSPS) is 15.7. The molecule has 2 N–H and O–H groups in total. The van der Waals surface area contributed by atoms with Gasteiger partial charge >= 0.3 is 6.18 Å². The number of nitrogens with two attached hydrogens (primary N) is 1. The summed E-state index contributed by atoms with van der Waals surface area (Å²) in [6, 6.07) is 0. The number of nitrogens with zero attached hydrogens (tertiary/aromatic N) is 4. The van der Waals surface area contributed by atoms with Gasteiger partial charge in [0.2, 0.25) is 5.82 Å². The molecule has 0 amide bonds. The van der Waals surface area contributed by atoms with Crippen LogP contribution in [0.1, 0.15) is 11.6 Å². The maximum Gasteiger partial charge on any atom is 0.451 e. The zero-order chi connectivity index (χ0) is 13.3. The lowest BCUT2D eigenvalue weighted by atomic mass is 10.3. The summed E-state index contributed by atoms with van der Waals surface area (Å²) in [5.41, 5.74) is 0.598. The summed E-state index contributed by atoms with van der Waals surface area (Å²) in [4.78, 5) is 6.20. The second-order valence-corrected chi connectivity index (χ2v) is 3.89. The van der Waals surface area contributed by atoms with Crippen LogP contribution in [-0.2, 0) is 24.1 Å². The molecule has 0 saturated heterocycles. The lowest BCUT2D eigenvalue weighted by molar-refractivity contribution is -0.147. The number of rotatable bonds is 3. The smallest absolute Gasteiger partial charge is 0.364 e. The first-order chi connectivity index (χ1) is 8.43. The lowest BCUT2D eigenvalue weighted by Crippen LogP contribution is -2.35. The summed E-state index contributed by atoms with van der Waals surface area (Å²) in [5, 5.41) is 6.74. The van der Waals surface area contributed by atoms with Crippen molar-refractivity contribution >= 4 is 0 Å². The largest absolute Gasteiger partial charge is 0.451 e. The van der Waals surface area contributed by atoms with Crippen LogP contribution in [-0.4, -0.2) is 32.8 Å². The molecule has 0 spiro atoms. The van der Waals surface area contributed by atoms with E-state index in [0.29, 0.717) is 12.2 Å². The summed E-state index contributed by atoms with van der Waals surface area (Å²) < 4.78 is 38.9. The van der Waals surface area contributed by atoms with Crippen LogP contribution < -0.4 is 5.90 Å². The van der Waals surface area contributed by atoms with E-state index in [1.54, 1.807) is 4.90 Å². The first-order valence-electron chi connectivity index (χ1n) is 5.17. The Bertz CT molecular complexity index is 456. The van der Waals surface area contributed by atoms with Gasteiger partial charge in [-0.2, -0.15) is 13.2 Å². The Morgan fingerprint density at radius 2 is 2.11 bits per heavy atom. The molecule has 0 fully saturated rings. The van der Waals surface area contributed by atoms with E-state index in [1.807, 2.05) is 0 Å². The third-order valence-corrected chi connectivity index (χ3v) is 2.70. The van der Waals surface area contributed by atoms with Crippen molar-refractivity contribution in [3.8, 4) is 0 Å². The van der Waals surface area contributed by atoms with E-state index in [9.17, 15) is 13.2 Å². The Morgan fingerprint density at radius 1 is 1.39 bits per heavy atom. The van der Waals surface area contributed by atoms with Gasteiger partial charge in [-0.3, -0.25) is 4.84 Å². The number of alkyl halides is 3. The van der Waals surface area contributed by atoms with Crippen LogP contribution in [0.2, 0.25) is 0 Å². The average molecular weight is 263 g/mol. The van der Waals surface area contributed by atoms with Gasteiger partial charge in [0.15, 0.2) is 5.82 Å². The van der Waals surface area contributed by atoms with Crippen LogP contribution in [0.25, 0.3) is 0 Å². The van der Waals surface area contributed by atoms with Gasteiger partial charge in [-0.25, -0.2) is 5.90 Å². The number of aromatic nitrogens is 3. The fraction of sp³-hybridized carbons (Fsp3) is 0.556. The fourth-order valence-electron chi connectivity index (χ4n) is 1.82. The molecule has 6 nitrogen and oxygen atoms in total. The van der Waals surface area contributed by atoms with Crippen LogP contribution in [0.15, 0.2) is 12.3 Å². The van der Waals surface area contributed by atoms with Gasteiger partial charge in [0.25, 0.3) is 0 Å². The highest BCUT2D eigenvalue weighted by molar-refractivity contribution is 5.06. The van der Waals surface area contributed by atoms with Gasteiger partial charge in [0.05, 0.1) is 6.54 Å². The zero-order valence-electron chi connectivity index (χ0n) is 9.44. The number of hydrogen-bond donors (Lipinski definition) is 1. The Kier molecular flexibility index (Phi) is 3.26. The molecule has 18 heavy (non-hydrogen) atoms. The van der Waals surface area contributed by atoms with Gasteiger partial charge in [-0.05, 0) is 0 Å². The molecular weight excluding hydrogens is 251 g/mol. The maximum atomic E-state index is 12.6. The highest BCUT2D eigenvalue weighted by Crippen LogP contribution is 2.29. The van der Waals surface area contributed by atoms with E-state index in [0.717, 1.165) is 4.57 Å². The van der Waals surface area contributed by atoms with E-state index >= 15 is 0 Å². The van der Waals surface area contributed by atoms with Crippen LogP contribution >= 0.6 is 0 Å². The lowest BCUT2D eigenvalue weighted by Gasteiger charge is -2.30. The van der Waals surface area contributed by atoms with Crippen molar-refractivity contribution in [2.24, 2.45) is 5.90 Å². The highest BCUT2D eigenvalue weighted by Gasteiger charge is 2.39. The zero-order valence-corrected chi connectivity index (χ0v) is 9.44. The maximum absolute atomic E-state index is 12.6. The molecule has 0 saturated carbocycles. The Labute approximate surface area is 101 Å². The molecule has 9 heteroatoms. The molecule has 0 aliphatic carbocycles. The molecular formula is C9H12F3N5O. The molecule has 1 aromatic heterocycles. The molecule has 1 aromatic rings. The summed E-state index contributed by atoms with van der Waals surface area (Å²) in [7, 11) is 0. The molecule has 2 heterocycles. The van der Waals surface area contributed by atoms with Crippen LogP contribution in [0.5, 0.6) is 0 Å². The Balaban J connectivity index is 2.17. The topological polar surface area (TPSA) is 69.2 Å². The molecule has 0 bridgehead atoms. The third-order valence-electron chi connectivity index (χ3n) is 2.70. The van der Waals surface area contributed by atoms with E-state index < -0.39 is 12.0 Å². The molecule has 2 rings (SSSR count). The van der Waals surface area contributed by atoms with E-state index in [1.165, 1.54) is 0 Å². The highest BCUT2D eigenvalue weighted by atomic mass is 19.4. The van der Waals surface area contributed by atoms with Gasteiger partial charge in [0.1, 0.15) is 6.61 Å². The average Bonchev–Trinajstić information content (AvgIpc) is 2.71.